The topological polar surface area (TPSA) is 55.4 Å². The van der Waals surface area contributed by atoms with Crippen molar-refractivity contribution in [2.75, 3.05) is 12.4 Å². The number of rotatable bonds is 4. The van der Waals surface area contributed by atoms with Crippen LogP contribution in [0, 0.1) is 0 Å². The van der Waals surface area contributed by atoms with Crippen molar-refractivity contribution in [1.82, 2.24) is 0 Å². The zero-order valence-electron chi connectivity index (χ0n) is 13.4. The molecule has 0 saturated carbocycles. The van der Waals surface area contributed by atoms with Gasteiger partial charge in [-0.1, -0.05) is 29.3 Å². The van der Waals surface area contributed by atoms with Crippen molar-refractivity contribution < 1.29 is 14.3 Å². The Morgan fingerprint density at radius 2 is 2.08 bits per heavy atom. The van der Waals surface area contributed by atoms with E-state index in [0.717, 1.165) is 29.7 Å². The van der Waals surface area contributed by atoms with Gasteiger partial charge in [-0.15, -0.1) is 11.3 Å². The van der Waals surface area contributed by atoms with Gasteiger partial charge in [-0.25, -0.2) is 4.79 Å². The maximum atomic E-state index is 12.2. The first-order valence-electron chi connectivity index (χ1n) is 7.66. The second-order valence-corrected chi connectivity index (χ2v) is 7.49. The lowest BCUT2D eigenvalue weighted by Crippen LogP contribution is -2.12. The van der Waals surface area contributed by atoms with E-state index in [1.807, 2.05) is 0 Å². The van der Waals surface area contributed by atoms with E-state index in [-0.39, 0.29) is 5.91 Å². The molecule has 0 spiro atoms. The summed E-state index contributed by atoms with van der Waals surface area (Å²) < 4.78 is 4.87. The maximum absolute atomic E-state index is 12.2. The molecule has 1 aromatic heterocycles. The summed E-state index contributed by atoms with van der Waals surface area (Å²) in [5.41, 5.74) is 2.16. The zero-order chi connectivity index (χ0) is 18.0. The van der Waals surface area contributed by atoms with Crippen LogP contribution in [0.2, 0.25) is 10.0 Å². The summed E-state index contributed by atoms with van der Waals surface area (Å²) in [6, 6.07) is 5.04. The second-order valence-electron chi connectivity index (χ2n) is 5.54. The fraction of sp³-hybridized carbons (Fsp3) is 0.222. The highest BCUT2D eigenvalue weighted by Crippen LogP contribution is 2.39. The van der Waals surface area contributed by atoms with Crippen LogP contribution in [0.4, 0.5) is 5.00 Å². The van der Waals surface area contributed by atoms with E-state index in [2.05, 4.69) is 5.32 Å². The monoisotopic (exact) mass is 395 g/mol. The number of amides is 1. The lowest BCUT2D eigenvalue weighted by Gasteiger charge is -2.05. The van der Waals surface area contributed by atoms with Gasteiger partial charge in [0.1, 0.15) is 5.00 Å². The molecule has 1 N–H and O–H groups in total. The summed E-state index contributed by atoms with van der Waals surface area (Å²) in [5, 5.41) is 4.30. The minimum atomic E-state index is -0.417. The number of thiophene rings is 1. The smallest absolute Gasteiger partial charge is 0.341 e. The van der Waals surface area contributed by atoms with Crippen molar-refractivity contribution in [3.8, 4) is 0 Å². The summed E-state index contributed by atoms with van der Waals surface area (Å²) in [7, 11) is 1.34. The summed E-state index contributed by atoms with van der Waals surface area (Å²) in [6.07, 6.45) is 5.76. The van der Waals surface area contributed by atoms with Crippen LogP contribution >= 0.6 is 34.5 Å². The van der Waals surface area contributed by atoms with Gasteiger partial charge in [-0.05, 0) is 48.6 Å². The Morgan fingerprint density at radius 3 is 2.80 bits per heavy atom. The highest BCUT2D eigenvalue weighted by molar-refractivity contribution is 7.17. The summed E-state index contributed by atoms with van der Waals surface area (Å²) in [4.78, 5) is 25.5. The third-order valence-electron chi connectivity index (χ3n) is 3.92. The molecule has 0 bridgehead atoms. The Kier molecular flexibility index (Phi) is 5.47. The predicted octanol–water partition coefficient (Wildman–Crippen LogP) is 4.98. The van der Waals surface area contributed by atoms with E-state index in [9.17, 15) is 9.59 Å². The van der Waals surface area contributed by atoms with Crippen LogP contribution in [0.5, 0.6) is 0 Å². The molecule has 1 aliphatic rings. The average molecular weight is 396 g/mol. The van der Waals surface area contributed by atoms with Crippen molar-refractivity contribution in [2.24, 2.45) is 0 Å². The SMILES string of the molecule is COC(=O)c1c(NC(=O)C=Cc2ccc(Cl)cc2Cl)sc2c1CCC2. The van der Waals surface area contributed by atoms with E-state index < -0.39 is 5.97 Å². The van der Waals surface area contributed by atoms with Crippen LogP contribution < -0.4 is 5.32 Å². The highest BCUT2D eigenvalue weighted by Gasteiger charge is 2.27. The van der Waals surface area contributed by atoms with Gasteiger partial charge in [0.05, 0.1) is 12.7 Å². The van der Waals surface area contributed by atoms with Crippen molar-refractivity contribution in [2.45, 2.75) is 19.3 Å². The number of carbonyl (C=O) groups excluding carboxylic acids is 2. The Bertz CT molecular complexity index is 873. The fourth-order valence-corrected chi connectivity index (χ4v) is 4.52. The van der Waals surface area contributed by atoms with Crippen LogP contribution in [0.3, 0.4) is 0 Å². The lowest BCUT2D eigenvalue weighted by molar-refractivity contribution is -0.111. The average Bonchev–Trinajstić information content (AvgIpc) is 3.14. The van der Waals surface area contributed by atoms with E-state index >= 15 is 0 Å². The predicted molar refractivity (Wildman–Crippen MR) is 102 cm³/mol. The third kappa shape index (κ3) is 3.89. The largest absolute Gasteiger partial charge is 0.465 e. The van der Waals surface area contributed by atoms with Gasteiger partial charge >= 0.3 is 5.97 Å². The molecule has 0 fully saturated rings. The summed E-state index contributed by atoms with van der Waals surface area (Å²) in [6.45, 7) is 0. The molecule has 0 saturated heterocycles. The van der Waals surface area contributed by atoms with E-state index in [1.54, 1.807) is 24.3 Å². The number of anilines is 1. The minimum Gasteiger partial charge on any atom is -0.465 e. The summed E-state index contributed by atoms with van der Waals surface area (Å²) >= 11 is 13.4. The van der Waals surface area contributed by atoms with Gasteiger partial charge < -0.3 is 10.1 Å². The normalized spacial score (nSPS) is 13.1. The second kappa shape index (κ2) is 7.60. The molecule has 0 radical (unpaired) electrons. The quantitative estimate of drug-likeness (QED) is 0.586. The van der Waals surface area contributed by atoms with Crippen LogP contribution in [-0.2, 0) is 22.4 Å². The molecule has 1 heterocycles. The van der Waals surface area contributed by atoms with Crippen LogP contribution in [0.25, 0.3) is 6.08 Å². The molecule has 0 unspecified atom stereocenters. The number of fused-ring (bicyclic) bond motifs is 1. The molecule has 4 nitrogen and oxygen atoms in total. The fourth-order valence-electron chi connectivity index (χ4n) is 2.77. The van der Waals surface area contributed by atoms with Crippen LogP contribution in [0.15, 0.2) is 24.3 Å². The van der Waals surface area contributed by atoms with Gasteiger partial charge in [0.2, 0.25) is 5.91 Å². The van der Waals surface area contributed by atoms with E-state index in [4.69, 9.17) is 27.9 Å². The maximum Gasteiger partial charge on any atom is 0.341 e. The lowest BCUT2D eigenvalue weighted by atomic mass is 10.1. The number of ether oxygens (including phenoxy) is 1. The van der Waals surface area contributed by atoms with Gasteiger partial charge in [-0.2, -0.15) is 0 Å². The number of esters is 1. The molecule has 3 rings (SSSR count). The molecule has 25 heavy (non-hydrogen) atoms. The number of hydrogen-bond acceptors (Lipinski definition) is 4. The summed E-state index contributed by atoms with van der Waals surface area (Å²) in [5.74, 6) is -0.754. The van der Waals surface area contributed by atoms with Gasteiger partial charge in [0.25, 0.3) is 0 Å². The van der Waals surface area contributed by atoms with Crippen molar-refractivity contribution >= 4 is 57.5 Å². The number of halogens is 2. The number of hydrogen-bond donors (Lipinski definition) is 1. The number of carbonyl (C=O) groups is 2. The molecular weight excluding hydrogens is 381 g/mol. The van der Waals surface area contributed by atoms with Crippen molar-refractivity contribution in [3.05, 3.63) is 55.9 Å². The van der Waals surface area contributed by atoms with Crippen molar-refractivity contribution in [1.29, 1.82) is 0 Å². The first-order valence-corrected chi connectivity index (χ1v) is 9.24. The molecule has 7 heteroatoms. The Balaban J connectivity index is 1.79. The number of nitrogens with one attached hydrogen (secondary N) is 1. The Labute approximate surface area is 159 Å². The molecule has 0 atom stereocenters. The van der Waals surface area contributed by atoms with Crippen LogP contribution in [-0.4, -0.2) is 19.0 Å². The Hall–Kier alpha value is -1.82. The molecule has 2 aromatic rings. The molecule has 1 aromatic carbocycles. The number of benzene rings is 1. The molecule has 0 aliphatic heterocycles. The Morgan fingerprint density at radius 1 is 1.28 bits per heavy atom. The third-order valence-corrected chi connectivity index (χ3v) is 5.69. The first kappa shape index (κ1) is 18.0. The van der Waals surface area contributed by atoms with Gasteiger partial charge in [0.15, 0.2) is 0 Å². The van der Waals surface area contributed by atoms with E-state index in [1.165, 1.54) is 24.5 Å². The van der Waals surface area contributed by atoms with Crippen LogP contribution in [0.1, 0.15) is 32.8 Å². The van der Waals surface area contributed by atoms with Crippen molar-refractivity contribution in [3.63, 3.8) is 0 Å². The zero-order valence-corrected chi connectivity index (χ0v) is 15.7. The molecule has 1 aliphatic carbocycles. The van der Waals surface area contributed by atoms with Gasteiger partial charge in [-0.3, -0.25) is 4.79 Å². The standard InChI is InChI=1S/C18H15Cl2NO3S/c1-24-18(23)16-12-3-2-4-14(12)25-17(16)21-15(22)8-6-10-5-7-11(19)9-13(10)20/h5-9H,2-4H2,1H3,(H,21,22). The minimum absolute atomic E-state index is 0.337. The molecule has 130 valence electrons. The molecular formula is C18H15Cl2NO3S. The highest BCUT2D eigenvalue weighted by atomic mass is 35.5. The van der Waals surface area contributed by atoms with Gasteiger partial charge in [0, 0.05) is 21.0 Å². The first-order chi connectivity index (χ1) is 12.0. The molecule has 1 amide bonds. The number of aryl methyl sites for hydroxylation is 1. The van der Waals surface area contributed by atoms with E-state index in [0.29, 0.717) is 26.2 Å². The number of methoxy groups -OCH3 is 1.